The third kappa shape index (κ3) is 2.86. The molecule has 4 heteroatoms. The van der Waals surface area contributed by atoms with Crippen LogP contribution in [0.15, 0.2) is 28.4 Å². The highest BCUT2D eigenvalue weighted by Gasteiger charge is 2.18. The Balaban J connectivity index is 0.000000125. The van der Waals surface area contributed by atoms with Crippen LogP contribution in [0.2, 0.25) is 0 Å². The third-order valence-corrected chi connectivity index (χ3v) is 3.60. The molecule has 3 aliphatic rings. The Morgan fingerprint density at radius 1 is 1.50 bits per heavy atom. The van der Waals surface area contributed by atoms with Gasteiger partial charge in [-0.3, -0.25) is 4.99 Å². The highest BCUT2D eigenvalue weighted by Crippen LogP contribution is 2.16. The molecule has 2 aliphatic heterocycles. The van der Waals surface area contributed by atoms with E-state index in [0.717, 1.165) is 26.1 Å². The van der Waals surface area contributed by atoms with E-state index < -0.39 is 0 Å². The fourth-order valence-corrected chi connectivity index (χ4v) is 2.13. The molecule has 0 amide bonds. The van der Waals surface area contributed by atoms with Gasteiger partial charge in [-0.25, -0.2) is 0 Å². The zero-order valence-corrected chi connectivity index (χ0v) is 10.3. The molecular weight excluding hydrogens is 222 g/mol. The van der Waals surface area contributed by atoms with Crippen LogP contribution in [0, 0.1) is 0 Å². The number of aliphatic imine (C=N–C) groups is 1. The molecule has 2 heterocycles. The van der Waals surface area contributed by atoms with E-state index in [4.69, 9.17) is 11.6 Å². The zero-order chi connectivity index (χ0) is 11.4. The van der Waals surface area contributed by atoms with Crippen LogP contribution >= 0.6 is 11.6 Å². The molecule has 2 N–H and O–H groups in total. The molecule has 3 nitrogen and oxygen atoms in total. The quantitative estimate of drug-likeness (QED) is 0.633. The van der Waals surface area contributed by atoms with Gasteiger partial charge in [-0.05, 0) is 38.0 Å². The van der Waals surface area contributed by atoms with E-state index >= 15 is 0 Å². The van der Waals surface area contributed by atoms with Crippen LogP contribution in [0.1, 0.15) is 19.8 Å². The summed E-state index contributed by atoms with van der Waals surface area (Å²) < 4.78 is 0. The maximum absolute atomic E-state index is 5.80. The van der Waals surface area contributed by atoms with Crippen molar-refractivity contribution in [2.45, 2.75) is 31.2 Å². The molecule has 1 aliphatic carbocycles. The second-order valence-corrected chi connectivity index (χ2v) is 4.80. The lowest BCUT2D eigenvalue weighted by atomic mass is 10.2. The van der Waals surface area contributed by atoms with Gasteiger partial charge in [0.1, 0.15) is 6.67 Å². The van der Waals surface area contributed by atoms with Gasteiger partial charge < -0.3 is 10.6 Å². The lowest BCUT2D eigenvalue weighted by Gasteiger charge is -2.08. The molecule has 0 spiro atoms. The highest BCUT2D eigenvalue weighted by molar-refractivity contribution is 6.21. The SMILES string of the molecule is C1=CC2=C(C=NCN2)C1.CC1NCC[C@H]1Cl. The zero-order valence-electron chi connectivity index (χ0n) is 9.54. The first-order valence-electron chi connectivity index (χ1n) is 5.78. The largest absolute Gasteiger partial charge is 0.366 e. The standard InChI is InChI=1S/C7H8N2.C5H10ClN/c1-2-6-4-8-5-9-7(6)3-1;1-4-5(6)2-3-7-4/h1,3-4,9H,2,5H2;4-5,7H,2-3H2,1H3/t;4?,5-/m.1/s1. The maximum Gasteiger partial charge on any atom is 0.107 e. The molecule has 1 fully saturated rings. The van der Waals surface area contributed by atoms with Gasteiger partial charge in [-0.15, -0.1) is 11.6 Å². The number of allylic oxidation sites excluding steroid dienone is 3. The van der Waals surface area contributed by atoms with Crippen molar-refractivity contribution in [3.8, 4) is 0 Å². The summed E-state index contributed by atoms with van der Waals surface area (Å²) in [5, 5.41) is 6.79. The van der Waals surface area contributed by atoms with Crippen LogP contribution < -0.4 is 10.6 Å². The Morgan fingerprint density at radius 2 is 2.38 bits per heavy atom. The lowest BCUT2D eigenvalue weighted by Crippen LogP contribution is -2.22. The second-order valence-electron chi connectivity index (χ2n) is 4.24. The van der Waals surface area contributed by atoms with Crippen LogP contribution in [0.4, 0.5) is 0 Å². The van der Waals surface area contributed by atoms with Crippen molar-refractivity contribution in [3.63, 3.8) is 0 Å². The number of hydrogen-bond acceptors (Lipinski definition) is 3. The summed E-state index contributed by atoms with van der Waals surface area (Å²) in [6.07, 6.45) is 8.38. The first kappa shape index (κ1) is 11.7. The molecule has 2 atom stereocenters. The van der Waals surface area contributed by atoms with E-state index in [9.17, 15) is 0 Å². The molecule has 0 radical (unpaired) electrons. The topological polar surface area (TPSA) is 36.4 Å². The number of rotatable bonds is 0. The van der Waals surface area contributed by atoms with Crippen LogP contribution in [0.3, 0.4) is 0 Å². The average molecular weight is 240 g/mol. The minimum absolute atomic E-state index is 0.375. The van der Waals surface area contributed by atoms with Gasteiger partial charge >= 0.3 is 0 Å². The van der Waals surface area contributed by atoms with Crippen molar-refractivity contribution in [1.82, 2.24) is 10.6 Å². The monoisotopic (exact) mass is 239 g/mol. The second kappa shape index (κ2) is 5.51. The van der Waals surface area contributed by atoms with Gasteiger partial charge in [0.2, 0.25) is 0 Å². The molecule has 0 aromatic heterocycles. The molecule has 3 rings (SSSR count). The van der Waals surface area contributed by atoms with Crippen molar-refractivity contribution in [2.75, 3.05) is 13.2 Å². The number of alkyl halides is 1. The smallest absolute Gasteiger partial charge is 0.107 e. The summed E-state index contributed by atoms with van der Waals surface area (Å²) in [6.45, 7) is 3.95. The summed E-state index contributed by atoms with van der Waals surface area (Å²) in [5.41, 5.74) is 2.58. The fourth-order valence-electron chi connectivity index (χ4n) is 1.93. The minimum Gasteiger partial charge on any atom is -0.366 e. The summed E-state index contributed by atoms with van der Waals surface area (Å²) in [7, 11) is 0. The Labute approximate surface area is 102 Å². The minimum atomic E-state index is 0.375. The summed E-state index contributed by atoms with van der Waals surface area (Å²) in [6, 6.07) is 0.529. The van der Waals surface area contributed by atoms with Gasteiger partial charge in [0, 0.05) is 23.3 Å². The average Bonchev–Trinajstić information content (AvgIpc) is 2.89. The van der Waals surface area contributed by atoms with E-state index in [1.54, 1.807) is 0 Å². The Morgan fingerprint density at radius 3 is 2.94 bits per heavy atom. The van der Waals surface area contributed by atoms with E-state index in [1.807, 2.05) is 6.21 Å². The van der Waals surface area contributed by atoms with Gasteiger partial charge in [-0.2, -0.15) is 0 Å². The Hall–Kier alpha value is -0.800. The first-order chi connectivity index (χ1) is 7.77. The summed E-state index contributed by atoms with van der Waals surface area (Å²) in [4.78, 5) is 4.09. The van der Waals surface area contributed by atoms with E-state index in [2.05, 4.69) is 34.7 Å². The van der Waals surface area contributed by atoms with Crippen molar-refractivity contribution >= 4 is 17.8 Å². The van der Waals surface area contributed by atoms with Crippen LogP contribution in [0.25, 0.3) is 0 Å². The number of nitrogens with one attached hydrogen (secondary N) is 2. The van der Waals surface area contributed by atoms with Gasteiger partial charge in [-0.1, -0.05) is 6.08 Å². The van der Waals surface area contributed by atoms with Gasteiger partial charge in [0.25, 0.3) is 0 Å². The van der Waals surface area contributed by atoms with Crippen molar-refractivity contribution in [2.24, 2.45) is 4.99 Å². The number of hydrogen-bond donors (Lipinski definition) is 2. The Kier molecular flexibility index (Phi) is 4.02. The van der Waals surface area contributed by atoms with Crippen molar-refractivity contribution in [1.29, 1.82) is 0 Å². The molecule has 16 heavy (non-hydrogen) atoms. The molecular formula is C12H18ClN3. The molecule has 1 unspecified atom stereocenters. The van der Waals surface area contributed by atoms with Crippen molar-refractivity contribution in [3.05, 3.63) is 23.4 Å². The lowest BCUT2D eigenvalue weighted by molar-refractivity contribution is 0.669. The van der Waals surface area contributed by atoms with Gasteiger partial charge in [0.15, 0.2) is 0 Å². The number of nitrogens with zero attached hydrogens (tertiary/aromatic N) is 1. The third-order valence-electron chi connectivity index (χ3n) is 3.01. The number of halogens is 1. The molecule has 0 saturated carbocycles. The molecule has 0 aromatic rings. The highest BCUT2D eigenvalue weighted by atomic mass is 35.5. The Bertz CT molecular complexity index is 325. The summed E-state index contributed by atoms with van der Waals surface area (Å²) >= 11 is 5.80. The van der Waals surface area contributed by atoms with Gasteiger partial charge in [0.05, 0.1) is 0 Å². The predicted molar refractivity (Wildman–Crippen MR) is 69.0 cm³/mol. The van der Waals surface area contributed by atoms with E-state index in [-0.39, 0.29) is 0 Å². The van der Waals surface area contributed by atoms with E-state index in [0.29, 0.717) is 11.4 Å². The normalized spacial score (nSPS) is 30.9. The molecule has 1 saturated heterocycles. The van der Waals surface area contributed by atoms with Crippen molar-refractivity contribution < 1.29 is 0 Å². The molecule has 0 aromatic carbocycles. The van der Waals surface area contributed by atoms with Crippen LogP contribution in [-0.4, -0.2) is 30.8 Å². The van der Waals surface area contributed by atoms with Crippen LogP contribution in [0.5, 0.6) is 0 Å². The van der Waals surface area contributed by atoms with Crippen LogP contribution in [-0.2, 0) is 0 Å². The maximum atomic E-state index is 5.80. The molecule has 88 valence electrons. The van der Waals surface area contributed by atoms with E-state index in [1.165, 1.54) is 11.3 Å². The summed E-state index contributed by atoms with van der Waals surface area (Å²) in [5.74, 6) is 0. The predicted octanol–water partition coefficient (Wildman–Crippen LogP) is 1.81. The first-order valence-corrected chi connectivity index (χ1v) is 6.22. The molecule has 0 bridgehead atoms. The fraction of sp³-hybridized carbons (Fsp3) is 0.583.